The molecule has 0 aromatic heterocycles. The molecule has 0 saturated heterocycles. The Bertz CT molecular complexity index is 1210. The molecule has 0 amide bonds. The Balaban J connectivity index is 1.15. The summed E-state index contributed by atoms with van der Waals surface area (Å²) in [6.45, 7) is 2.27. The van der Waals surface area contributed by atoms with E-state index in [0.717, 1.165) is 36.7 Å². The van der Waals surface area contributed by atoms with Gasteiger partial charge in [-0.1, -0.05) is 64.7 Å². The van der Waals surface area contributed by atoms with Crippen LogP contribution in [0.15, 0.2) is 18.2 Å². The first-order valence-corrected chi connectivity index (χ1v) is 16.3. The molecular weight excluding hydrogens is 522 g/mol. The van der Waals surface area contributed by atoms with Crippen molar-refractivity contribution < 1.29 is 17.6 Å². The Morgan fingerprint density at radius 3 is 1.95 bits per heavy atom. The Kier molecular flexibility index (Phi) is 10.1. The molecule has 222 valence electrons. The third-order valence-electron chi connectivity index (χ3n) is 10.7. The molecule has 0 spiro atoms. The Morgan fingerprint density at radius 1 is 0.707 bits per heavy atom. The van der Waals surface area contributed by atoms with E-state index in [4.69, 9.17) is 5.26 Å². The van der Waals surface area contributed by atoms with Gasteiger partial charge >= 0.3 is 0 Å². The van der Waals surface area contributed by atoms with Crippen molar-refractivity contribution in [2.75, 3.05) is 0 Å². The number of nitrogens with zero attached hydrogens (tertiary/aromatic N) is 1. The fraction of sp³-hybridized carbons (Fsp3) is 0.639. The van der Waals surface area contributed by atoms with Gasteiger partial charge in [0.2, 0.25) is 0 Å². The van der Waals surface area contributed by atoms with Gasteiger partial charge in [-0.15, -0.1) is 0 Å². The summed E-state index contributed by atoms with van der Waals surface area (Å²) in [7, 11) is 0. The maximum absolute atomic E-state index is 15.8. The summed E-state index contributed by atoms with van der Waals surface area (Å²) in [5.74, 6) is -0.513. The van der Waals surface area contributed by atoms with Crippen molar-refractivity contribution in [3.63, 3.8) is 0 Å². The summed E-state index contributed by atoms with van der Waals surface area (Å²) in [6, 6.07) is 5.65. The van der Waals surface area contributed by atoms with Gasteiger partial charge in [0.05, 0.1) is 0 Å². The van der Waals surface area contributed by atoms with Crippen molar-refractivity contribution >= 4 is 0 Å². The number of hydrogen-bond donors (Lipinski definition) is 0. The molecule has 0 aliphatic heterocycles. The Morgan fingerprint density at radius 2 is 1.32 bits per heavy atom. The highest BCUT2D eigenvalue weighted by Crippen LogP contribution is 2.44. The van der Waals surface area contributed by atoms with Crippen LogP contribution in [0.5, 0.6) is 0 Å². The summed E-state index contributed by atoms with van der Waals surface area (Å²) < 4.78 is 59.5. The normalized spacial score (nSPS) is 26.4. The average Bonchev–Trinajstić information content (AvgIpc) is 2.97. The zero-order valence-electron chi connectivity index (χ0n) is 24.6. The molecule has 5 rings (SSSR count). The maximum Gasteiger partial charge on any atom is 0.144 e. The van der Waals surface area contributed by atoms with Crippen LogP contribution in [0.25, 0.3) is 0 Å². The highest BCUT2D eigenvalue weighted by molar-refractivity contribution is 5.40. The largest absolute Gasteiger partial charge is 0.207 e. The topological polar surface area (TPSA) is 23.8 Å². The van der Waals surface area contributed by atoms with Crippen LogP contribution in [0.4, 0.5) is 17.6 Å². The van der Waals surface area contributed by atoms with Gasteiger partial charge in [-0.2, -0.15) is 5.26 Å². The summed E-state index contributed by atoms with van der Waals surface area (Å²) in [6.07, 6.45) is 18.1. The number of unbranched alkanes of at least 4 members (excludes halogenated alkanes) is 2. The number of benzene rings is 2. The van der Waals surface area contributed by atoms with Crippen LogP contribution in [0.3, 0.4) is 0 Å². The quantitative estimate of drug-likeness (QED) is 0.218. The molecule has 0 radical (unpaired) electrons. The van der Waals surface area contributed by atoms with Crippen molar-refractivity contribution in [3.8, 4) is 6.07 Å². The zero-order valence-corrected chi connectivity index (χ0v) is 24.6. The first kappa shape index (κ1) is 30.1. The monoisotopic (exact) mass is 567 g/mol. The van der Waals surface area contributed by atoms with Crippen LogP contribution in [0.1, 0.15) is 143 Å². The van der Waals surface area contributed by atoms with Gasteiger partial charge in [0.25, 0.3) is 0 Å². The lowest BCUT2D eigenvalue weighted by atomic mass is 9.73. The van der Waals surface area contributed by atoms with E-state index in [1.807, 2.05) is 0 Å². The van der Waals surface area contributed by atoms with Crippen LogP contribution < -0.4 is 0 Å². The molecule has 2 aromatic carbocycles. The van der Waals surface area contributed by atoms with E-state index in [-0.39, 0.29) is 23.2 Å². The summed E-state index contributed by atoms with van der Waals surface area (Å²) in [4.78, 5) is 0. The SMILES string of the molecule is CCCCCC1CCC(CCC2CCc3c(cc(F)c(C4CCC(c5cc(F)c(C#N)c(F)c5)CC4)c3F)C2)CC1. The predicted octanol–water partition coefficient (Wildman–Crippen LogP) is 10.8. The minimum Gasteiger partial charge on any atom is -0.207 e. The van der Waals surface area contributed by atoms with Crippen LogP contribution >= 0.6 is 0 Å². The highest BCUT2D eigenvalue weighted by atomic mass is 19.1. The van der Waals surface area contributed by atoms with E-state index in [1.54, 1.807) is 12.1 Å². The second-order valence-electron chi connectivity index (χ2n) is 13.3. The maximum atomic E-state index is 15.8. The van der Waals surface area contributed by atoms with E-state index in [0.29, 0.717) is 49.1 Å². The molecule has 1 unspecified atom stereocenters. The third-order valence-corrected chi connectivity index (χ3v) is 10.7. The summed E-state index contributed by atoms with van der Waals surface area (Å²) in [5, 5.41) is 8.93. The van der Waals surface area contributed by atoms with Crippen molar-refractivity contribution in [3.05, 3.63) is 69.3 Å². The average molecular weight is 568 g/mol. The minimum absolute atomic E-state index is 0.0800. The number of fused-ring (bicyclic) bond motifs is 1. The van der Waals surface area contributed by atoms with Crippen molar-refractivity contribution in [2.45, 2.75) is 128 Å². The van der Waals surface area contributed by atoms with E-state index < -0.39 is 23.0 Å². The molecule has 2 aromatic rings. The van der Waals surface area contributed by atoms with Gasteiger partial charge in [0.15, 0.2) is 0 Å². The molecule has 3 aliphatic rings. The van der Waals surface area contributed by atoms with Gasteiger partial charge < -0.3 is 0 Å². The van der Waals surface area contributed by atoms with E-state index in [1.165, 1.54) is 69.9 Å². The Labute approximate surface area is 243 Å². The zero-order chi connectivity index (χ0) is 28.9. The smallest absolute Gasteiger partial charge is 0.144 e. The highest BCUT2D eigenvalue weighted by Gasteiger charge is 2.32. The number of hydrogen-bond acceptors (Lipinski definition) is 1. The molecule has 41 heavy (non-hydrogen) atoms. The number of rotatable bonds is 9. The standard InChI is InChI=1S/C36H45F4N/c1-2-3-4-5-23-6-8-24(9-7-23)10-11-25-12-17-30-29(18-25)21-34(39)35(36(30)40)27-15-13-26(14-16-27)28-19-32(37)31(22-41)33(38)20-28/h19-21,23-27H,2-18H2,1H3. The van der Waals surface area contributed by atoms with Crippen LogP contribution in [-0.2, 0) is 12.8 Å². The molecule has 5 heteroatoms. The van der Waals surface area contributed by atoms with Gasteiger partial charge in [0, 0.05) is 5.56 Å². The fourth-order valence-electron chi connectivity index (χ4n) is 8.17. The van der Waals surface area contributed by atoms with Crippen LogP contribution in [0, 0.1) is 52.4 Å². The molecular formula is C36H45F4N. The molecule has 1 atom stereocenters. The molecule has 0 bridgehead atoms. The van der Waals surface area contributed by atoms with Crippen molar-refractivity contribution in [2.24, 2.45) is 17.8 Å². The molecule has 2 fully saturated rings. The van der Waals surface area contributed by atoms with Crippen molar-refractivity contribution in [1.82, 2.24) is 0 Å². The second kappa shape index (κ2) is 13.7. The fourth-order valence-corrected chi connectivity index (χ4v) is 8.17. The molecule has 0 N–H and O–H groups in total. The first-order valence-electron chi connectivity index (χ1n) is 16.3. The number of nitriles is 1. The Hall–Kier alpha value is -2.35. The predicted molar refractivity (Wildman–Crippen MR) is 156 cm³/mol. The van der Waals surface area contributed by atoms with Gasteiger partial charge in [-0.25, -0.2) is 17.6 Å². The molecule has 1 nitrogen and oxygen atoms in total. The molecule has 2 saturated carbocycles. The van der Waals surface area contributed by atoms with E-state index >= 15 is 8.78 Å². The first-order chi connectivity index (χ1) is 19.9. The van der Waals surface area contributed by atoms with Gasteiger partial charge in [-0.3, -0.25) is 0 Å². The third kappa shape index (κ3) is 7.00. The van der Waals surface area contributed by atoms with Crippen molar-refractivity contribution in [1.29, 1.82) is 5.26 Å². The number of halogens is 4. The van der Waals surface area contributed by atoms with Gasteiger partial charge in [0.1, 0.15) is 34.9 Å². The van der Waals surface area contributed by atoms with E-state index in [2.05, 4.69) is 6.92 Å². The van der Waals surface area contributed by atoms with Gasteiger partial charge in [-0.05, 0) is 116 Å². The lowest BCUT2D eigenvalue weighted by molar-refractivity contribution is 0.233. The molecule has 3 aliphatic carbocycles. The van der Waals surface area contributed by atoms with Crippen LogP contribution in [0.2, 0.25) is 0 Å². The second-order valence-corrected chi connectivity index (χ2v) is 13.3. The summed E-state index contributed by atoms with van der Waals surface area (Å²) >= 11 is 0. The lowest BCUT2D eigenvalue weighted by Gasteiger charge is -2.32. The minimum atomic E-state index is -0.847. The van der Waals surface area contributed by atoms with Crippen LogP contribution in [-0.4, -0.2) is 0 Å². The summed E-state index contributed by atoms with van der Waals surface area (Å²) in [5.41, 5.74) is 1.74. The molecule has 0 heterocycles. The lowest BCUT2D eigenvalue weighted by Crippen LogP contribution is -2.21. The van der Waals surface area contributed by atoms with E-state index in [9.17, 15) is 8.78 Å².